The van der Waals surface area contributed by atoms with Crippen molar-refractivity contribution in [2.45, 2.75) is 20.3 Å². The summed E-state index contributed by atoms with van der Waals surface area (Å²) in [7, 11) is 0. The molecule has 1 nitrogen and oxygen atoms in total. The Labute approximate surface area is 101 Å². The number of benzene rings is 1. The topological polar surface area (TPSA) is 12.0 Å². The highest BCUT2D eigenvalue weighted by molar-refractivity contribution is 9.10. The van der Waals surface area contributed by atoms with Crippen LogP contribution in [0.25, 0.3) is 6.08 Å². The Bertz CT molecular complexity index is 331. The van der Waals surface area contributed by atoms with Gasteiger partial charge in [0.05, 0.1) is 0 Å². The van der Waals surface area contributed by atoms with E-state index in [0.717, 1.165) is 17.6 Å². The molecule has 0 heterocycles. The van der Waals surface area contributed by atoms with Gasteiger partial charge in [0.2, 0.25) is 0 Å². The van der Waals surface area contributed by atoms with E-state index in [1.54, 1.807) is 0 Å². The standard InChI is InChI=1S/C13H18BrN/c1-3-7-15-10-11(2)8-12-5-4-6-13(14)9-12/h4-6,8-9,15H,3,7,10H2,1-2H3. The van der Waals surface area contributed by atoms with Gasteiger partial charge < -0.3 is 5.32 Å². The minimum absolute atomic E-state index is 0.973. The highest BCUT2D eigenvalue weighted by atomic mass is 79.9. The molecule has 82 valence electrons. The molecule has 1 aromatic rings. The molecule has 0 aliphatic carbocycles. The van der Waals surface area contributed by atoms with Crippen molar-refractivity contribution < 1.29 is 0 Å². The summed E-state index contributed by atoms with van der Waals surface area (Å²) in [5, 5.41) is 3.39. The Morgan fingerprint density at radius 3 is 2.93 bits per heavy atom. The highest BCUT2D eigenvalue weighted by Crippen LogP contribution is 2.14. The van der Waals surface area contributed by atoms with Crippen molar-refractivity contribution >= 4 is 22.0 Å². The summed E-state index contributed by atoms with van der Waals surface area (Å²) in [6.07, 6.45) is 3.40. The predicted octanol–water partition coefficient (Wildman–Crippen LogP) is 3.85. The molecule has 0 atom stereocenters. The van der Waals surface area contributed by atoms with E-state index in [0.29, 0.717) is 0 Å². The van der Waals surface area contributed by atoms with Gasteiger partial charge in [-0.05, 0) is 37.6 Å². The van der Waals surface area contributed by atoms with E-state index < -0.39 is 0 Å². The van der Waals surface area contributed by atoms with Gasteiger partial charge in [0.25, 0.3) is 0 Å². The lowest BCUT2D eigenvalue weighted by atomic mass is 10.1. The molecule has 0 fully saturated rings. The fourth-order valence-electron chi connectivity index (χ4n) is 1.39. The van der Waals surface area contributed by atoms with Crippen LogP contribution < -0.4 is 5.32 Å². The average molecular weight is 268 g/mol. The lowest BCUT2D eigenvalue weighted by molar-refractivity contribution is 0.715. The first-order chi connectivity index (χ1) is 7.22. The smallest absolute Gasteiger partial charge is 0.0181 e. The molecule has 0 radical (unpaired) electrons. The van der Waals surface area contributed by atoms with Gasteiger partial charge >= 0.3 is 0 Å². The van der Waals surface area contributed by atoms with E-state index in [-0.39, 0.29) is 0 Å². The highest BCUT2D eigenvalue weighted by Gasteiger charge is 1.92. The van der Waals surface area contributed by atoms with Gasteiger partial charge in [-0.25, -0.2) is 0 Å². The van der Waals surface area contributed by atoms with Crippen molar-refractivity contribution in [2.24, 2.45) is 0 Å². The largest absolute Gasteiger partial charge is 0.313 e. The maximum Gasteiger partial charge on any atom is 0.0181 e. The van der Waals surface area contributed by atoms with Gasteiger partial charge in [-0.15, -0.1) is 0 Å². The van der Waals surface area contributed by atoms with Crippen molar-refractivity contribution in [3.63, 3.8) is 0 Å². The molecular formula is C13H18BrN. The maximum atomic E-state index is 3.47. The van der Waals surface area contributed by atoms with Crippen LogP contribution in [-0.2, 0) is 0 Å². The molecule has 1 N–H and O–H groups in total. The van der Waals surface area contributed by atoms with E-state index in [1.165, 1.54) is 17.6 Å². The molecule has 0 bridgehead atoms. The fraction of sp³-hybridized carbons (Fsp3) is 0.385. The van der Waals surface area contributed by atoms with Gasteiger partial charge in [-0.2, -0.15) is 0 Å². The number of halogens is 1. The Kier molecular flexibility index (Phi) is 5.66. The van der Waals surface area contributed by atoms with Crippen LogP contribution in [0, 0.1) is 0 Å². The first-order valence-corrected chi connectivity index (χ1v) is 6.15. The molecule has 1 aromatic carbocycles. The van der Waals surface area contributed by atoms with Crippen molar-refractivity contribution in [3.05, 3.63) is 39.9 Å². The molecule has 15 heavy (non-hydrogen) atoms. The Morgan fingerprint density at radius 1 is 1.47 bits per heavy atom. The van der Waals surface area contributed by atoms with Crippen LogP contribution >= 0.6 is 15.9 Å². The maximum absolute atomic E-state index is 3.47. The zero-order chi connectivity index (χ0) is 11.1. The van der Waals surface area contributed by atoms with Crippen LogP contribution in [0.1, 0.15) is 25.8 Å². The van der Waals surface area contributed by atoms with E-state index in [9.17, 15) is 0 Å². The van der Waals surface area contributed by atoms with Crippen LogP contribution in [0.15, 0.2) is 34.3 Å². The van der Waals surface area contributed by atoms with Crippen molar-refractivity contribution in [1.82, 2.24) is 5.32 Å². The summed E-state index contributed by atoms with van der Waals surface area (Å²) in [6, 6.07) is 8.35. The minimum atomic E-state index is 0.973. The van der Waals surface area contributed by atoms with E-state index in [2.05, 4.69) is 59.4 Å². The summed E-state index contributed by atoms with van der Waals surface area (Å²) in [4.78, 5) is 0. The molecule has 0 unspecified atom stereocenters. The second-order valence-electron chi connectivity index (χ2n) is 3.72. The molecule has 0 saturated heterocycles. The third-order valence-corrected chi connectivity index (χ3v) is 2.59. The number of rotatable bonds is 5. The zero-order valence-electron chi connectivity index (χ0n) is 9.39. The number of hydrogen-bond donors (Lipinski definition) is 1. The number of hydrogen-bond acceptors (Lipinski definition) is 1. The predicted molar refractivity (Wildman–Crippen MR) is 71.0 cm³/mol. The minimum Gasteiger partial charge on any atom is -0.313 e. The second-order valence-corrected chi connectivity index (χ2v) is 4.64. The van der Waals surface area contributed by atoms with Crippen LogP contribution in [0.3, 0.4) is 0 Å². The molecule has 1 rings (SSSR count). The molecule has 0 saturated carbocycles. The van der Waals surface area contributed by atoms with Gasteiger partial charge in [-0.3, -0.25) is 0 Å². The summed E-state index contributed by atoms with van der Waals surface area (Å²) in [5.74, 6) is 0. The summed E-state index contributed by atoms with van der Waals surface area (Å²) in [5.41, 5.74) is 2.61. The van der Waals surface area contributed by atoms with E-state index in [4.69, 9.17) is 0 Å². The quantitative estimate of drug-likeness (QED) is 0.800. The summed E-state index contributed by atoms with van der Waals surface area (Å²) >= 11 is 3.47. The van der Waals surface area contributed by atoms with E-state index >= 15 is 0 Å². The second kappa shape index (κ2) is 6.81. The summed E-state index contributed by atoms with van der Waals surface area (Å²) in [6.45, 7) is 6.40. The molecule has 0 spiro atoms. The molecule has 0 aromatic heterocycles. The van der Waals surface area contributed by atoms with Gasteiger partial charge in [-0.1, -0.05) is 46.6 Å². The van der Waals surface area contributed by atoms with Gasteiger partial charge in [0.15, 0.2) is 0 Å². The normalized spacial score (nSPS) is 11.8. The van der Waals surface area contributed by atoms with Gasteiger partial charge in [0.1, 0.15) is 0 Å². The Morgan fingerprint density at radius 2 is 2.27 bits per heavy atom. The Hall–Kier alpha value is -0.600. The molecule has 0 aliphatic rings. The average Bonchev–Trinajstić information content (AvgIpc) is 2.18. The molecule has 0 amide bonds. The SMILES string of the molecule is CCCNCC(C)=Cc1cccc(Br)c1. The Balaban J connectivity index is 2.54. The van der Waals surface area contributed by atoms with Crippen LogP contribution in [-0.4, -0.2) is 13.1 Å². The third-order valence-electron chi connectivity index (χ3n) is 2.09. The van der Waals surface area contributed by atoms with E-state index in [1.807, 2.05) is 6.07 Å². The lowest BCUT2D eigenvalue weighted by Gasteiger charge is -2.03. The van der Waals surface area contributed by atoms with Crippen LogP contribution in [0.5, 0.6) is 0 Å². The number of nitrogens with one attached hydrogen (secondary N) is 1. The van der Waals surface area contributed by atoms with Crippen molar-refractivity contribution in [3.8, 4) is 0 Å². The monoisotopic (exact) mass is 267 g/mol. The molecule has 0 aliphatic heterocycles. The summed E-state index contributed by atoms with van der Waals surface area (Å²) < 4.78 is 1.13. The van der Waals surface area contributed by atoms with Crippen molar-refractivity contribution in [2.75, 3.05) is 13.1 Å². The lowest BCUT2D eigenvalue weighted by Crippen LogP contribution is -2.16. The first kappa shape index (κ1) is 12.5. The van der Waals surface area contributed by atoms with Crippen molar-refractivity contribution in [1.29, 1.82) is 0 Å². The molecule has 2 heteroatoms. The zero-order valence-corrected chi connectivity index (χ0v) is 11.0. The third kappa shape index (κ3) is 5.14. The fourth-order valence-corrected chi connectivity index (χ4v) is 1.81. The van der Waals surface area contributed by atoms with Crippen LogP contribution in [0.4, 0.5) is 0 Å². The molecular weight excluding hydrogens is 250 g/mol. The van der Waals surface area contributed by atoms with Crippen LogP contribution in [0.2, 0.25) is 0 Å². The first-order valence-electron chi connectivity index (χ1n) is 5.36. The van der Waals surface area contributed by atoms with Gasteiger partial charge in [0, 0.05) is 11.0 Å².